The third kappa shape index (κ3) is 8.24. The fourth-order valence-corrected chi connectivity index (χ4v) is 8.26. The summed E-state index contributed by atoms with van der Waals surface area (Å²) in [4.78, 5) is 30.6. The van der Waals surface area contributed by atoms with Crippen LogP contribution in [0.25, 0.3) is 0 Å². The average molecular weight is 608 g/mol. The third-order valence-corrected chi connectivity index (χ3v) is 11.0. The topological polar surface area (TPSA) is 107 Å². The van der Waals surface area contributed by atoms with Gasteiger partial charge in [0.1, 0.15) is 5.75 Å². The van der Waals surface area contributed by atoms with E-state index in [4.69, 9.17) is 4.74 Å². The van der Waals surface area contributed by atoms with Crippen molar-refractivity contribution in [1.82, 2.24) is 14.1 Å². The molecule has 1 aromatic rings. The number of carbonyl (C=O) groups is 2. The molecule has 1 N–H and O–H groups in total. The number of amides is 1. The highest BCUT2D eigenvalue weighted by molar-refractivity contribution is 7.89. The number of nitrogens with zero attached hydrogens (tertiary/aromatic N) is 4. The Hall–Kier alpha value is -2.21. The molecule has 3 aliphatic rings. The van der Waals surface area contributed by atoms with Gasteiger partial charge in [-0.1, -0.05) is 25.5 Å². The van der Waals surface area contributed by atoms with Gasteiger partial charge in [0.25, 0.3) is 0 Å². The van der Waals surface area contributed by atoms with E-state index in [1.165, 1.54) is 4.31 Å². The molecule has 3 unspecified atom stereocenters. The molecule has 0 bridgehead atoms. The molecule has 0 spiro atoms. The number of carbonyl (C=O) groups excluding carboxylic acids is 1. The van der Waals surface area contributed by atoms with Crippen LogP contribution in [0, 0.1) is 5.92 Å². The first-order valence-corrected chi connectivity index (χ1v) is 17.3. The van der Waals surface area contributed by atoms with Crippen LogP contribution in [-0.4, -0.2) is 129 Å². The summed E-state index contributed by atoms with van der Waals surface area (Å²) in [7, 11) is 3.21. The molecule has 11 heteroatoms. The third-order valence-electron chi connectivity index (χ3n) is 9.03. The van der Waals surface area contributed by atoms with Crippen LogP contribution in [0.4, 0.5) is 0 Å². The molecule has 10 nitrogen and oxygen atoms in total. The monoisotopic (exact) mass is 607 g/mol. The highest BCUT2D eigenvalue weighted by Crippen LogP contribution is 2.41. The van der Waals surface area contributed by atoms with E-state index in [9.17, 15) is 23.1 Å². The molecule has 1 aromatic carbocycles. The summed E-state index contributed by atoms with van der Waals surface area (Å²) in [6.45, 7) is 6.51. The minimum absolute atomic E-state index is 0.0274. The Balaban J connectivity index is 1.54. The summed E-state index contributed by atoms with van der Waals surface area (Å²) in [5.41, 5.74) is 2.04. The van der Waals surface area contributed by atoms with E-state index in [1.807, 2.05) is 21.9 Å². The summed E-state index contributed by atoms with van der Waals surface area (Å²) in [5, 5.41) is 10.5. The molecule has 0 saturated carbocycles. The normalized spacial score (nSPS) is 24.0. The fraction of sp³-hybridized carbons (Fsp3) is 0.742. The first-order valence-electron chi connectivity index (χ1n) is 15.7. The van der Waals surface area contributed by atoms with Crippen molar-refractivity contribution in [2.75, 3.05) is 79.3 Å². The number of ether oxygens (including phenoxy) is 1. The van der Waals surface area contributed by atoms with Gasteiger partial charge in [0.05, 0.1) is 52.5 Å². The van der Waals surface area contributed by atoms with Crippen LogP contribution in [0.3, 0.4) is 0 Å². The summed E-state index contributed by atoms with van der Waals surface area (Å²) in [6, 6.07) is 5.51. The van der Waals surface area contributed by atoms with Gasteiger partial charge in [0, 0.05) is 51.1 Å². The Bertz CT molecular complexity index is 1200. The molecular weight excluding hydrogens is 556 g/mol. The first kappa shape index (κ1) is 32.7. The van der Waals surface area contributed by atoms with E-state index in [0.717, 1.165) is 60.0 Å². The summed E-state index contributed by atoms with van der Waals surface area (Å²) < 4.78 is 33.1. The van der Waals surface area contributed by atoms with Crippen molar-refractivity contribution in [3.8, 4) is 5.75 Å². The molecule has 3 aliphatic heterocycles. The van der Waals surface area contributed by atoms with E-state index in [1.54, 1.807) is 0 Å². The summed E-state index contributed by atoms with van der Waals surface area (Å²) >= 11 is 0. The number of carboxylic acids is 1. The quantitative estimate of drug-likeness (QED) is 0.241. The molecule has 42 heavy (non-hydrogen) atoms. The number of quaternary nitrogens is 1. The number of likely N-dealkylation sites (tertiary alicyclic amines) is 1. The maximum Gasteiger partial charge on any atom is 0.308 e. The van der Waals surface area contributed by atoms with Crippen LogP contribution in [0.15, 0.2) is 18.2 Å². The fourth-order valence-electron chi connectivity index (χ4n) is 6.72. The summed E-state index contributed by atoms with van der Waals surface area (Å²) in [5.74, 6) is -0.915. The standard InChI is InChI=1S/C31H50N4O6S/c1-5-6-14-32(15-7-8-18-35(2,3)4)29(36)23-33-22-26(24-10-11-28-25(21-24)13-19-41-28)30(31(37)38)27(33)12-17-34-16-9-20-42(34,39)40/h10-11,21,26-27,30H,5-9,12-20,22-23H2,1-4H3/p+1. The molecule has 236 valence electrons. The van der Waals surface area contributed by atoms with E-state index in [0.29, 0.717) is 45.6 Å². The van der Waals surface area contributed by atoms with Crippen LogP contribution in [0.5, 0.6) is 5.75 Å². The van der Waals surface area contributed by atoms with Crippen LogP contribution >= 0.6 is 0 Å². The van der Waals surface area contributed by atoms with E-state index < -0.39 is 28.0 Å². The molecule has 2 fully saturated rings. The van der Waals surface area contributed by atoms with Gasteiger partial charge in [0.15, 0.2) is 0 Å². The maximum absolute atomic E-state index is 13.8. The van der Waals surface area contributed by atoms with Crippen molar-refractivity contribution in [3.63, 3.8) is 0 Å². The lowest BCUT2D eigenvalue weighted by Gasteiger charge is -2.31. The predicted octanol–water partition coefficient (Wildman–Crippen LogP) is 2.63. The molecule has 0 aliphatic carbocycles. The Morgan fingerprint density at radius 1 is 1.14 bits per heavy atom. The van der Waals surface area contributed by atoms with E-state index >= 15 is 0 Å². The lowest BCUT2D eigenvalue weighted by molar-refractivity contribution is -0.870. The van der Waals surface area contributed by atoms with Gasteiger partial charge in [-0.3, -0.25) is 14.5 Å². The number of fused-ring (bicyclic) bond motifs is 1. The summed E-state index contributed by atoms with van der Waals surface area (Å²) in [6.07, 6.45) is 5.65. The number of benzene rings is 1. The van der Waals surface area contributed by atoms with Gasteiger partial charge in [0.2, 0.25) is 15.9 Å². The number of carboxylic acid groups (broad SMARTS) is 1. The molecule has 4 rings (SSSR count). The van der Waals surface area contributed by atoms with Crippen molar-refractivity contribution in [2.45, 2.75) is 63.8 Å². The largest absolute Gasteiger partial charge is 0.493 e. The van der Waals surface area contributed by atoms with Gasteiger partial charge in [-0.2, -0.15) is 0 Å². The smallest absolute Gasteiger partial charge is 0.308 e. The average Bonchev–Trinajstić information content (AvgIpc) is 3.62. The molecule has 0 aromatic heterocycles. The number of aliphatic carboxylic acids is 1. The van der Waals surface area contributed by atoms with Crippen LogP contribution < -0.4 is 4.74 Å². The van der Waals surface area contributed by atoms with E-state index in [2.05, 4.69) is 34.1 Å². The van der Waals surface area contributed by atoms with Crippen LogP contribution in [0.1, 0.15) is 62.5 Å². The number of sulfonamides is 1. The van der Waals surface area contributed by atoms with Gasteiger partial charge in [-0.05, 0) is 49.3 Å². The minimum Gasteiger partial charge on any atom is -0.493 e. The lowest BCUT2D eigenvalue weighted by atomic mass is 9.83. The SMILES string of the molecule is CCCCN(CCCC[N+](C)(C)C)C(=O)CN1CC(c2ccc3c(c2)CCO3)C(C(=O)O)C1CCN1CCCS1(=O)=O. The molecule has 3 heterocycles. The van der Waals surface area contributed by atoms with Crippen molar-refractivity contribution >= 4 is 21.9 Å². The Labute approximate surface area is 252 Å². The van der Waals surface area contributed by atoms with Crippen LogP contribution in [-0.2, 0) is 26.0 Å². The predicted molar refractivity (Wildman–Crippen MR) is 163 cm³/mol. The van der Waals surface area contributed by atoms with Crippen molar-refractivity contribution in [2.24, 2.45) is 5.92 Å². The molecule has 1 amide bonds. The second kappa shape index (κ2) is 14.1. The van der Waals surface area contributed by atoms with Crippen LogP contribution in [0.2, 0.25) is 0 Å². The van der Waals surface area contributed by atoms with E-state index in [-0.39, 0.29) is 30.7 Å². The highest BCUT2D eigenvalue weighted by Gasteiger charge is 2.47. The highest BCUT2D eigenvalue weighted by atomic mass is 32.2. The molecule has 3 atom stereocenters. The van der Waals surface area contributed by atoms with Gasteiger partial charge >= 0.3 is 5.97 Å². The first-order chi connectivity index (χ1) is 19.9. The zero-order valence-electron chi connectivity index (χ0n) is 26.0. The molecule has 0 radical (unpaired) electrons. The van der Waals surface area contributed by atoms with Gasteiger partial charge in [-0.25, -0.2) is 12.7 Å². The number of rotatable bonds is 15. The minimum atomic E-state index is -3.30. The van der Waals surface area contributed by atoms with Gasteiger partial charge in [-0.15, -0.1) is 0 Å². The van der Waals surface area contributed by atoms with Crippen molar-refractivity contribution in [3.05, 3.63) is 29.3 Å². The van der Waals surface area contributed by atoms with Gasteiger partial charge < -0.3 is 19.2 Å². The maximum atomic E-state index is 13.8. The van der Waals surface area contributed by atoms with Crippen molar-refractivity contribution in [1.29, 1.82) is 0 Å². The molecular formula is C31H51N4O6S+. The Kier molecular flexibility index (Phi) is 10.9. The number of unbranched alkanes of at least 4 members (excludes halogenated alkanes) is 2. The second-order valence-electron chi connectivity index (χ2n) is 13.2. The Morgan fingerprint density at radius 2 is 1.90 bits per heavy atom. The zero-order chi connectivity index (χ0) is 30.5. The number of hydrogen-bond donors (Lipinski definition) is 1. The zero-order valence-corrected chi connectivity index (χ0v) is 26.8. The lowest BCUT2D eigenvalue weighted by Crippen LogP contribution is -2.46. The molecule has 2 saturated heterocycles. The second-order valence-corrected chi connectivity index (χ2v) is 15.3. The Morgan fingerprint density at radius 3 is 2.57 bits per heavy atom. The van der Waals surface area contributed by atoms with Crippen molar-refractivity contribution < 1.29 is 32.3 Å². The number of hydrogen-bond acceptors (Lipinski definition) is 6.